The standard InChI is InChI=1S/C22H22F6N4/c23-21(24,25)15-5-9-17(10-6-15)29-13-31-19-3-1-2-4-20(19)32-14-30-18-11-7-16(8-12-18)22(26,27)28/h5-12,19-20,29-32H,1-4H2/t19-,20-/m1/s1. The molecule has 2 aromatic rings. The number of benzene rings is 2. The van der Waals surface area contributed by atoms with Gasteiger partial charge in [0.2, 0.25) is 0 Å². The van der Waals surface area contributed by atoms with Gasteiger partial charge < -0.3 is 10.6 Å². The number of hydrogen-bond acceptors (Lipinski definition) is 4. The number of alkyl halides is 6. The second-order valence-corrected chi connectivity index (χ2v) is 7.44. The van der Waals surface area contributed by atoms with Crippen LogP contribution in [0.5, 0.6) is 0 Å². The summed E-state index contributed by atoms with van der Waals surface area (Å²) in [5, 5.41) is 11.8. The van der Waals surface area contributed by atoms with Gasteiger partial charge in [0.25, 0.3) is 0 Å². The van der Waals surface area contributed by atoms with Gasteiger partial charge in [-0.25, -0.2) is 0 Å². The Hall–Kier alpha value is -2.46. The Labute approximate surface area is 182 Å². The van der Waals surface area contributed by atoms with Crippen LogP contribution in [-0.4, -0.2) is 12.1 Å². The van der Waals surface area contributed by atoms with Crippen molar-refractivity contribution in [1.29, 1.82) is 0 Å². The molecule has 4 N–H and O–H groups in total. The third kappa shape index (κ3) is 7.03. The normalized spacial score (nSPS) is 19.6. The number of anilines is 2. The molecule has 1 aliphatic carbocycles. The van der Waals surface area contributed by atoms with Crippen molar-refractivity contribution in [3.63, 3.8) is 0 Å². The van der Waals surface area contributed by atoms with E-state index in [2.05, 4.69) is 34.6 Å². The van der Waals surface area contributed by atoms with Gasteiger partial charge in [0.15, 0.2) is 13.3 Å². The predicted molar refractivity (Wildman–Crippen MR) is 109 cm³/mol. The largest absolute Gasteiger partial charge is 0.416 e. The molecule has 172 valence electrons. The molecule has 2 aromatic carbocycles. The van der Waals surface area contributed by atoms with Gasteiger partial charge in [-0.15, -0.1) is 0 Å². The van der Waals surface area contributed by atoms with E-state index >= 15 is 0 Å². The van der Waals surface area contributed by atoms with Crippen LogP contribution in [0, 0.1) is 13.3 Å². The first kappa shape index (κ1) is 24.2. The lowest BCUT2D eigenvalue weighted by Crippen LogP contribution is -2.49. The second-order valence-electron chi connectivity index (χ2n) is 7.44. The lowest BCUT2D eigenvalue weighted by molar-refractivity contribution is -0.138. The SMILES string of the molecule is FC(F)(F)c1ccc(N[C]N[C@@H]2CCCC[C@H]2N[C]Nc2ccc(C(F)(F)F)cc2)cc1. The zero-order valence-electron chi connectivity index (χ0n) is 16.9. The Morgan fingerprint density at radius 2 is 0.938 bits per heavy atom. The van der Waals surface area contributed by atoms with E-state index in [4.69, 9.17) is 0 Å². The van der Waals surface area contributed by atoms with Crippen molar-refractivity contribution in [2.45, 2.75) is 50.1 Å². The molecule has 1 aliphatic rings. The fraction of sp³-hybridized carbons (Fsp3) is 0.364. The molecule has 1 saturated carbocycles. The van der Waals surface area contributed by atoms with Crippen LogP contribution in [-0.2, 0) is 12.4 Å². The lowest BCUT2D eigenvalue weighted by atomic mass is 9.90. The highest BCUT2D eigenvalue weighted by atomic mass is 19.4. The molecule has 3 rings (SSSR count). The van der Waals surface area contributed by atoms with E-state index in [9.17, 15) is 26.3 Å². The van der Waals surface area contributed by atoms with E-state index < -0.39 is 23.5 Å². The van der Waals surface area contributed by atoms with Crippen LogP contribution >= 0.6 is 0 Å². The molecule has 10 heteroatoms. The van der Waals surface area contributed by atoms with Gasteiger partial charge in [0.05, 0.1) is 11.1 Å². The minimum atomic E-state index is -4.38. The van der Waals surface area contributed by atoms with Gasteiger partial charge >= 0.3 is 12.4 Å². The van der Waals surface area contributed by atoms with E-state index in [1.165, 1.54) is 24.3 Å². The zero-order valence-corrected chi connectivity index (χ0v) is 16.9. The van der Waals surface area contributed by atoms with Crippen LogP contribution in [0.15, 0.2) is 48.5 Å². The maximum absolute atomic E-state index is 12.6. The number of hydrogen-bond donors (Lipinski definition) is 4. The molecule has 2 atom stereocenters. The molecule has 1 fully saturated rings. The van der Waals surface area contributed by atoms with Crippen molar-refractivity contribution >= 4 is 11.4 Å². The molecule has 0 bridgehead atoms. The first-order valence-corrected chi connectivity index (χ1v) is 10.0. The van der Waals surface area contributed by atoms with Gasteiger partial charge in [-0.2, -0.15) is 26.3 Å². The van der Waals surface area contributed by atoms with E-state index in [-0.39, 0.29) is 12.1 Å². The summed E-state index contributed by atoms with van der Waals surface area (Å²) in [5.41, 5.74) is -0.515. The molecule has 0 unspecified atom stereocenters. The van der Waals surface area contributed by atoms with Crippen molar-refractivity contribution in [2.24, 2.45) is 0 Å². The van der Waals surface area contributed by atoms with Gasteiger partial charge in [-0.05, 0) is 61.4 Å². The van der Waals surface area contributed by atoms with Gasteiger partial charge in [-0.1, -0.05) is 12.8 Å². The molecule has 4 nitrogen and oxygen atoms in total. The lowest BCUT2D eigenvalue weighted by Gasteiger charge is -2.32. The quantitative estimate of drug-likeness (QED) is 0.303. The Balaban J connectivity index is 1.43. The first-order valence-electron chi connectivity index (χ1n) is 10.0. The van der Waals surface area contributed by atoms with Crippen LogP contribution in [0.25, 0.3) is 0 Å². The molecule has 0 aromatic heterocycles. The van der Waals surface area contributed by atoms with Crippen LogP contribution in [0.4, 0.5) is 37.7 Å². The predicted octanol–water partition coefficient (Wildman–Crippen LogP) is 5.73. The summed E-state index contributed by atoms with van der Waals surface area (Å²) in [6, 6.07) is 9.25. The highest BCUT2D eigenvalue weighted by Gasteiger charge is 2.31. The van der Waals surface area contributed by atoms with Gasteiger partial charge in [0, 0.05) is 23.5 Å². The average molecular weight is 456 g/mol. The molecular formula is C22H22F6N4. The van der Waals surface area contributed by atoms with E-state index in [1.54, 1.807) is 0 Å². The molecule has 0 aliphatic heterocycles. The Morgan fingerprint density at radius 3 is 1.25 bits per heavy atom. The summed E-state index contributed by atoms with van der Waals surface area (Å²) in [5.74, 6) is 0. The number of rotatable bonds is 8. The Kier molecular flexibility index (Phi) is 7.89. The third-order valence-corrected chi connectivity index (χ3v) is 5.12. The van der Waals surface area contributed by atoms with E-state index in [0.717, 1.165) is 49.9 Å². The molecule has 0 heterocycles. The molecule has 0 saturated heterocycles. The minimum Gasteiger partial charge on any atom is -0.361 e. The minimum absolute atomic E-state index is 0.00685. The summed E-state index contributed by atoms with van der Waals surface area (Å²) < 4.78 is 75.7. The van der Waals surface area contributed by atoms with Crippen molar-refractivity contribution < 1.29 is 26.3 Å². The average Bonchev–Trinajstić information content (AvgIpc) is 2.74. The van der Waals surface area contributed by atoms with Crippen molar-refractivity contribution in [2.75, 3.05) is 10.6 Å². The van der Waals surface area contributed by atoms with Gasteiger partial charge in [-0.3, -0.25) is 10.6 Å². The topological polar surface area (TPSA) is 48.1 Å². The summed E-state index contributed by atoms with van der Waals surface area (Å²) in [4.78, 5) is 0. The highest BCUT2D eigenvalue weighted by Crippen LogP contribution is 2.31. The smallest absolute Gasteiger partial charge is 0.361 e. The fourth-order valence-electron chi connectivity index (χ4n) is 3.36. The fourth-order valence-corrected chi connectivity index (χ4v) is 3.36. The monoisotopic (exact) mass is 456 g/mol. The highest BCUT2D eigenvalue weighted by molar-refractivity contribution is 5.47. The third-order valence-electron chi connectivity index (χ3n) is 5.12. The van der Waals surface area contributed by atoms with Gasteiger partial charge in [0.1, 0.15) is 0 Å². The molecule has 4 radical (unpaired) electrons. The van der Waals surface area contributed by atoms with Crippen molar-refractivity contribution in [1.82, 2.24) is 10.6 Å². The van der Waals surface area contributed by atoms with Crippen molar-refractivity contribution in [3.05, 3.63) is 73.0 Å². The first-order chi connectivity index (χ1) is 15.1. The van der Waals surface area contributed by atoms with Crippen LogP contribution < -0.4 is 21.3 Å². The molecule has 0 spiro atoms. The summed E-state index contributed by atoms with van der Waals surface area (Å²) in [7, 11) is 0. The summed E-state index contributed by atoms with van der Waals surface area (Å²) in [6.45, 7) is 5.62. The Bertz CT molecular complexity index is 762. The summed E-state index contributed by atoms with van der Waals surface area (Å²) >= 11 is 0. The van der Waals surface area contributed by atoms with E-state index in [1.807, 2.05) is 0 Å². The van der Waals surface area contributed by atoms with Crippen LogP contribution in [0.3, 0.4) is 0 Å². The molecule has 32 heavy (non-hydrogen) atoms. The van der Waals surface area contributed by atoms with Crippen molar-refractivity contribution in [3.8, 4) is 0 Å². The van der Waals surface area contributed by atoms with Crippen LogP contribution in [0.1, 0.15) is 36.8 Å². The maximum Gasteiger partial charge on any atom is 0.416 e. The number of nitrogens with one attached hydrogen (secondary N) is 4. The van der Waals surface area contributed by atoms with Crippen LogP contribution in [0.2, 0.25) is 0 Å². The number of halogens is 6. The zero-order chi connectivity index (χ0) is 23.2. The Morgan fingerprint density at radius 1 is 0.594 bits per heavy atom. The second kappa shape index (κ2) is 10.4. The maximum atomic E-state index is 12.6. The van der Waals surface area contributed by atoms with E-state index in [0.29, 0.717) is 11.4 Å². The molecule has 0 amide bonds. The molecular weight excluding hydrogens is 434 g/mol. The summed E-state index contributed by atoms with van der Waals surface area (Å²) in [6.07, 6.45) is -5.06.